The summed E-state index contributed by atoms with van der Waals surface area (Å²) in [5, 5.41) is 25.4. The zero-order valence-corrected chi connectivity index (χ0v) is 33.0. The van der Waals surface area contributed by atoms with E-state index < -0.39 is 79.7 Å². The van der Waals surface area contributed by atoms with E-state index in [1.807, 2.05) is 55.7 Å². The number of hydrogen-bond acceptors (Lipinski definition) is 6. The van der Waals surface area contributed by atoms with Crippen molar-refractivity contribution in [3.8, 4) is 11.1 Å². The maximum absolute atomic E-state index is 15.2. The minimum Gasteiger partial charge on any atom is -0.481 e. The summed E-state index contributed by atoms with van der Waals surface area (Å²) in [6, 6.07) is 12.5. The molecule has 1 heterocycles. The molecule has 4 N–H and O–H groups in total. The van der Waals surface area contributed by atoms with Gasteiger partial charge in [0.1, 0.15) is 24.3 Å². The smallest absolute Gasteiger partial charge is 0.407 e. The van der Waals surface area contributed by atoms with Gasteiger partial charge in [-0.15, -0.1) is 0 Å². The van der Waals surface area contributed by atoms with Crippen LogP contribution in [-0.2, 0) is 25.7 Å². The van der Waals surface area contributed by atoms with Gasteiger partial charge in [-0.25, -0.2) is 13.6 Å². The Morgan fingerprint density at radius 3 is 2.37 bits per heavy atom. The molecule has 1 aliphatic rings. The van der Waals surface area contributed by atoms with Gasteiger partial charge in [-0.1, -0.05) is 77.2 Å². The zero-order valence-electron chi connectivity index (χ0n) is 32.0. The third-order valence-electron chi connectivity index (χ3n) is 9.75. The lowest BCUT2D eigenvalue weighted by atomic mass is 9.82. The summed E-state index contributed by atoms with van der Waals surface area (Å²) in [6.07, 6.45) is 2.27. The minimum absolute atomic E-state index is 0.0379. The molecule has 3 amide bonds. The van der Waals surface area contributed by atoms with Gasteiger partial charge in [-0.05, 0) is 60.6 Å². The molecule has 0 spiro atoms. The molecular formula is C40H54F2N4O7Si. The van der Waals surface area contributed by atoms with Crippen molar-refractivity contribution in [3.05, 3.63) is 83.7 Å². The topological polar surface area (TPSA) is 150 Å². The number of carboxylic acid groups (broad SMARTS) is 1. The second-order valence-electron chi connectivity index (χ2n) is 16.3. The molecule has 0 radical (unpaired) electrons. The molecule has 11 nitrogen and oxygen atoms in total. The van der Waals surface area contributed by atoms with Crippen molar-refractivity contribution in [2.75, 3.05) is 19.8 Å². The van der Waals surface area contributed by atoms with Gasteiger partial charge in [0.05, 0.1) is 18.6 Å². The number of carboxylic acids is 1. The molecule has 1 aliphatic carbocycles. The van der Waals surface area contributed by atoms with E-state index in [1.54, 1.807) is 12.3 Å². The number of aliphatic carboxylic acids is 1. The molecule has 0 aliphatic heterocycles. The molecule has 1 aromatic heterocycles. The maximum atomic E-state index is 15.2. The highest BCUT2D eigenvalue weighted by molar-refractivity contribution is 6.76. The first kappa shape index (κ1) is 42.2. The van der Waals surface area contributed by atoms with E-state index in [0.29, 0.717) is 43.1 Å². The first-order chi connectivity index (χ1) is 25.4. The average molecular weight is 769 g/mol. The molecule has 294 valence electrons. The Hall–Kier alpha value is -4.56. The summed E-state index contributed by atoms with van der Waals surface area (Å²) < 4.78 is 36.9. The Morgan fingerprint density at radius 1 is 1.04 bits per heavy atom. The molecule has 2 aromatic carbocycles. The Balaban J connectivity index is 1.72. The number of hydrogen-bond donors (Lipinski definition) is 4. The monoisotopic (exact) mass is 768 g/mol. The van der Waals surface area contributed by atoms with E-state index in [-0.39, 0.29) is 25.1 Å². The molecule has 0 saturated heterocycles. The van der Waals surface area contributed by atoms with E-state index in [0.717, 1.165) is 23.8 Å². The van der Waals surface area contributed by atoms with Crippen LogP contribution in [0.5, 0.6) is 0 Å². The number of halogens is 2. The van der Waals surface area contributed by atoms with E-state index in [2.05, 4.69) is 30.3 Å². The summed E-state index contributed by atoms with van der Waals surface area (Å²) in [4.78, 5) is 53.9. The van der Waals surface area contributed by atoms with Gasteiger partial charge in [-0.3, -0.25) is 14.4 Å². The largest absolute Gasteiger partial charge is 0.481 e. The van der Waals surface area contributed by atoms with Crippen LogP contribution < -0.4 is 10.6 Å². The Bertz CT molecular complexity index is 1770. The normalized spacial score (nSPS) is 17.1. The third kappa shape index (κ3) is 11.5. The van der Waals surface area contributed by atoms with Crippen LogP contribution >= 0.6 is 0 Å². The number of ether oxygens (including phenoxy) is 1. The molecular weight excluding hydrogens is 715 g/mol. The number of rotatable bonds is 16. The highest BCUT2D eigenvalue weighted by Crippen LogP contribution is 2.41. The van der Waals surface area contributed by atoms with Crippen LogP contribution in [0, 0.1) is 23.0 Å². The lowest BCUT2D eigenvalue weighted by molar-refractivity contribution is -0.143. The Labute approximate surface area is 317 Å². The Kier molecular flexibility index (Phi) is 14.2. The minimum atomic E-state index is -1.54. The standard InChI is InChI=1S/C40H54F2N4O7Si/c1-40(2,3)36(34-21-27(30-22-28(41)15-16-31(30)42)24-45(34)23-26-11-8-7-9-12-26)46(35(48)25-47)18-17-33(44-39(52)53-19-20-54(4,5)6)37(49)43-32-14-10-13-29(32)38(50)51/h7-9,11-12,15-16,21-22,24,29,32-33,36,47H,10,13-14,17-20,23,25H2,1-6H3,(H,43,49)(H,44,52)(H,50,51)/t29-,32+,33?,36?/m1/s1. The van der Waals surface area contributed by atoms with E-state index in [4.69, 9.17) is 4.74 Å². The maximum Gasteiger partial charge on any atom is 0.407 e. The van der Waals surface area contributed by atoms with Crippen LogP contribution in [0.4, 0.5) is 13.6 Å². The molecule has 54 heavy (non-hydrogen) atoms. The fourth-order valence-corrected chi connectivity index (χ4v) is 7.70. The van der Waals surface area contributed by atoms with Gasteiger partial charge in [0.2, 0.25) is 11.8 Å². The van der Waals surface area contributed by atoms with E-state index in [1.165, 1.54) is 4.90 Å². The summed E-state index contributed by atoms with van der Waals surface area (Å²) in [5.41, 5.74) is 1.19. The molecule has 4 atom stereocenters. The first-order valence-corrected chi connectivity index (χ1v) is 22.1. The molecule has 14 heteroatoms. The number of aliphatic hydroxyl groups excluding tert-OH is 1. The molecule has 1 saturated carbocycles. The number of benzene rings is 2. The van der Waals surface area contributed by atoms with Gasteiger partial charge in [0.15, 0.2) is 0 Å². The lowest BCUT2D eigenvalue weighted by Crippen LogP contribution is -2.53. The lowest BCUT2D eigenvalue weighted by Gasteiger charge is -2.41. The van der Waals surface area contributed by atoms with Gasteiger partial charge < -0.3 is 35.1 Å². The van der Waals surface area contributed by atoms with E-state index in [9.17, 15) is 33.8 Å². The molecule has 2 unspecified atom stereocenters. The van der Waals surface area contributed by atoms with Gasteiger partial charge in [0, 0.05) is 50.2 Å². The average Bonchev–Trinajstić information content (AvgIpc) is 3.73. The zero-order chi connectivity index (χ0) is 39.8. The second kappa shape index (κ2) is 18.2. The van der Waals surface area contributed by atoms with Crippen LogP contribution in [0.3, 0.4) is 0 Å². The summed E-state index contributed by atoms with van der Waals surface area (Å²) in [6.45, 7) is 11.6. The summed E-state index contributed by atoms with van der Waals surface area (Å²) in [5.74, 6) is -4.30. The predicted octanol–water partition coefficient (Wildman–Crippen LogP) is 6.58. The van der Waals surface area contributed by atoms with Crippen molar-refractivity contribution in [1.82, 2.24) is 20.1 Å². The van der Waals surface area contributed by atoms with Gasteiger partial charge in [-0.2, -0.15) is 0 Å². The second-order valence-corrected chi connectivity index (χ2v) is 21.9. The van der Waals surface area contributed by atoms with Crippen LogP contribution in [0.15, 0.2) is 60.8 Å². The molecule has 0 bridgehead atoms. The summed E-state index contributed by atoms with van der Waals surface area (Å²) >= 11 is 0. The fraction of sp³-hybridized carbons (Fsp3) is 0.500. The molecule has 1 fully saturated rings. The number of aliphatic hydroxyl groups is 1. The number of alkyl carbamates (subject to hydrolysis) is 1. The van der Waals surface area contributed by atoms with Crippen molar-refractivity contribution < 1.29 is 42.9 Å². The van der Waals surface area contributed by atoms with Crippen molar-refractivity contribution >= 4 is 32.0 Å². The van der Waals surface area contributed by atoms with Crippen LogP contribution in [0.1, 0.15) is 63.8 Å². The van der Waals surface area contributed by atoms with Crippen LogP contribution in [0.25, 0.3) is 11.1 Å². The highest BCUT2D eigenvalue weighted by atomic mass is 28.3. The number of carbonyl (C=O) groups excluding carboxylic acids is 3. The van der Waals surface area contributed by atoms with Gasteiger partial charge >= 0.3 is 12.1 Å². The Morgan fingerprint density at radius 2 is 1.74 bits per heavy atom. The van der Waals surface area contributed by atoms with Gasteiger partial charge in [0.25, 0.3) is 0 Å². The van der Waals surface area contributed by atoms with Crippen molar-refractivity contribution in [2.24, 2.45) is 11.3 Å². The molecule has 3 aromatic rings. The SMILES string of the molecule is CC(C)(C)C(c1cc(-c2cc(F)ccc2F)cn1Cc1ccccc1)N(CCC(NC(=O)OCC[Si](C)(C)C)C(=O)N[C@H]1CCC[C@H]1C(=O)O)C(=O)CO. The first-order valence-electron chi connectivity index (χ1n) is 18.4. The van der Waals surface area contributed by atoms with Crippen molar-refractivity contribution in [3.63, 3.8) is 0 Å². The highest BCUT2D eigenvalue weighted by Gasteiger charge is 2.39. The number of amides is 3. The summed E-state index contributed by atoms with van der Waals surface area (Å²) in [7, 11) is -1.54. The van der Waals surface area contributed by atoms with Crippen LogP contribution in [-0.4, -0.2) is 83.5 Å². The third-order valence-corrected chi connectivity index (χ3v) is 11.5. The fourth-order valence-electron chi connectivity index (χ4n) is 6.98. The number of nitrogens with zero attached hydrogens (tertiary/aromatic N) is 2. The van der Waals surface area contributed by atoms with Crippen molar-refractivity contribution in [1.29, 1.82) is 0 Å². The predicted molar refractivity (Wildman–Crippen MR) is 204 cm³/mol. The number of carbonyl (C=O) groups is 4. The van der Waals surface area contributed by atoms with Crippen molar-refractivity contribution in [2.45, 2.75) is 96.8 Å². The molecule has 4 rings (SSSR count). The number of aromatic nitrogens is 1. The van der Waals surface area contributed by atoms with E-state index >= 15 is 4.39 Å². The van der Waals surface area contributed by atoms with Crippen LogP contribution in [0.2, 0.25) is 25.7 Å². The quantitative estimate of drug-likeness (QED) is 0.120. The number of nitrogens with one attached hydrogen (secondary N) is 2.